The van der Waals surface area contributed by atoms with Crippen LogP contribution in [0.15, 0.2) is 71.7 Å². The van der Waals surface area contributed by atoms with Gasteiger partial charge in [-0.1, -0.05) is 60.7 Å². The summed E-state index contributed by atoms with van der Waals surface area (Å²) in [6, 6.07) is 19.2. The molecule has 1 aliphatic carbocycles. The molecule has 9 nitrogen and oxygen atoms in total. The highest BCUT2D eigenvalue weighted by Gasteiger charge is 2.36. The van der Waals surface area contributed by atoms with Crippen LogP contribution in [0.1, 0.15) is 43.3 Å². The molecule has 3 fully saturated rings. The summed E-state index contributed by atoms with van der Waals surface area (Å²) in [6.45, 7) is 2.80. The molecule has 3 heterocycles. The average molecular weight is 529 g/mol. The Labute approximate surface area is 228 Å². The topological polar surface area (TPSA) is 102 Å². The first-order valence-electron chi connectivity index (χ1n) is 14.0. The number of hydrogen-bond acceptors (Lipinski definition) is 4. The number of carbonyl (C=O) groups is 2. The number of nitrogens with one attached hydrogen (secondary N) is 3. The van der Waals surface area contributed by atoms with E-state index in [2.05, 4.69) is 27.8 Å². The largest absolute Gasteiger partial charge is 0.339 e. The monoisotopic (exact) mass is 528 g/mol. The summed E-state index contributed by atoms with van der Waals surface area (Å²) in [7, 11) is 0. The van der Waals surface area contributed by atoms with Gasteiger partial charge >= 0.3 is 11.7 Å². The second-order valence-corrected chi connectivity index (χ2v) is 11.0. The molecule has 0 spiro atoms. The Bertz CT molecular complexity index is 1340. The molecule has 3 aliphatic rings. The Morgan fingerprint density at radius 3 is 2.31 bits per heavy atom. The number of nitrogens with zero attached hydrogens (tertiary/aromatic N) is 3. The normalized spacial score (nSPS) is 22.5. The van der Waals surface area contributed by atoms with Gasteiger partial charge < -0.3 is 25.4 Å². The average Bonchev–Trinajstić information content (AvgIpc) is 3.74. The van der Waals surface area contributed by atoms with E-state index in [1.807, 2.05) is 59.6 Å². The minimum atomic E-state index is -0.608. The first-order valence-corrected chi connectivity index (χ1v) is 14.0. The van der Waals surface area contributed by atoms with E-state index < -0.39 is 6.04 Å². The third kappa shape index (κ3) is 5.78. The number of rotatable bonds is 6. The summed E-state index contributed by atoms with van der Waals surface area (Å²) in [5.74, 6) is 0.557. The van der Waals surface area contributed by atoms with Gasteiger partial charge in [0.15, 0.2) is 0 Å². The lowest BCUT2D eigenvalue weighted by Gasteiger charge is -2.33. The van der Waals surface area contributed by atoms with Crippen LogP contribution in [0.25, 0.3) is 11.3 Å². The predicted molar refractivity (Wildman–Crippen MR) is 149 cm³/mol. The number of aromatic amines is 1. The SMILES string of the molecule is O=C(N[C@@H]1CN[C@@H](c2ccccc2)CN(CC2CC2)C1=O)N1CCC(n2cc(-c3ccccc3)[nH]c2=O)CC1. The minimum absolute atomic E-state index is 0.0108. The second kappa shape index (κ2) is 11.1. The molecule has 39 heavy (non-hydrogen) atoms. The Kier molecular flexibility index (Phi) is 7.24. The second-order valence-electron chi connectivity index (χ2n) is 11.0. The Hall–Kier alpha value is -3.85. The van der Waals surface area contributed by atoms with Gasteiger partial charge in [0.25, 0.3) is 0 Å². The molecule has 3 aromatic rings. The molecule has 2 atom stereocenters. The molecular weight excluding hydrogens is 492 g/mol. The zero-order chi connectivity index (χ0) is 26.8. The molecule has 2 aromatic carbocycles. The molecule has 2 saturated heterocycles. The smallest absolute Gasteiger partial charge is 0.326 e. The van der Waals surface area contributed by atoms with Gasteiger partial charge in [-0.15, -0.1) is 0 Å². The van der Waals surface area contributed by atoms with Gasteiger partial charge in [0.1, 0.15) is 6.04 Å². The number of imidazole rings is 1. The molecule has 6 rings (SSSR count). The lowest BCUT2D eigenvalue weighted by Crippen LogP contribution is -2.55. The predicted octanol–water partition coefficient (Wildman–Crippen LogP) is 3.14. The molecule has 9 heteroatoms. The van der Waals surface area contributed by atoms with Crippen molar-refractivity contribution in [2.24, 2.45) is 5.92 Å². The van der Waals surface area contributed by atoms with Crippen LogP contribution < -0.4 is 16.3 Å². The summed E-state index contributed by atoms with van der Waals surface area (Å²) in [6.07, 6.45) is 5.57. The van der Waals surface area contributed by atoms with Crippen molar-refractivity contribution in [2.75, 3.05) is 32.7 Å². The third-order valence-electron chi connectivity index (χ3n) is 8.23. The van der Waals surface area contributed by atoms with Crippen LogP contribution in [0, 0.1) is 5.92 Å². The summed E-state index contributed by atoms with van der Waals surface area (Å²) in [4.78, 5) is 46.1. The van der Waals surface area contributed by atoms with Crippen molar-refractivity contribution < 1.29 is 9.59 Å². The highest BCUT2D eigenvalue weighted by Crippen LogP contribution is 2.31. The number of likely N-dealkylation sites (tertiary alicyclic amines) is 1. The van der Waals surface area contributed by atoms with Crippen molar-refractivity contribution in [1.82, 2.24) is 30.0 Å². The molecule has 0 bridgehead atoms. The van der Waals surface area contributed by atoms with Gasteiger partial charge in [-0.3, -0.25) is 9.36 Å². The van der Waals surface area contributed by atoms with Crippen molar-refractivity contribution in [3.8, 4) is 11.3 Å². The van der Waals surface area contributed by atoms with Gasteiger partial charge in [-0.05, 0) is 42.7 Å². The number of aromatic nitrogens is 2. The molecule has 204 valence electrons. The minimum Gasteiger partial charge on any atom is -0.339 e. The van der Waals surface area contributed by atoms with Gasteiger partial charge in [0.2, 0.25) is 5.91 Å². The fourth-order valence-corrected chi connectivity index (χ4v) is 5.77. The van der Waals surface area contributed by atoms with E-state index in [-0.39, 0.29) is 29.7 Å². The molecule has 0 radical (unpaired) electrons. The third-order valence-corrected chi connectivity index (χ3v) is 8.23. The molecular formula is C30H36N6O3. The number of H-pyrrole nitrogens is 1. The van der Waals surface area contributed by atoms with Crippen molar-refractivity contribution >= 4 is 11.9 Å². The van der Waals surface area contributed by atoms with Crippen LogP contribution in [-0.2, 0) is 4.79 Å². The van der Waals surface area contributed by atoms with Gasteiger partial charge in [0, 0.05) is 51.0 Å². The van der Waals surface area contributed by atoms with E-state index in [0.717, 1.165) is 36.2 Å². The first-order chi connectivity index (χ1) is 19.0. The van der Waals surface area contributed by atoms with Crippen LogP contribution >= 0.6 is 0 Å². The fourth-order valence-electron chi connectivity index (χ4n) is 5.77. The lowest BCUT2D eigenvalue weighted by atomic mass is 10.1. The van der Waals surface area contributed by atoms with Gasteiger partial charge in [-0.2, -0.15) is 0 Å². The number of urea groups is 1. The van der Waals surface area contributed by atoms with E-state index in [0.29, 0.717) is 44.9 Å². The van der Waals surface area contributed by atoms with E-state index in [4.69, 9.17) is 0 Å². The number of benzene rings is 2. The molecule has 1 saturated carbocycles. The molecule has 3 N–H and O–H groups in total. The van der Waals surface area contributed by atoms with E-state index >= 15 is 0 Å². The summed E-state index contributed by atoms with van der Waals surface area (Å²) in [5, 5.41) is 6.55. The van der Waals surface area contributed by atoms with E-state index in [1.165, 1.54) is 0 Å². The van der Waals surface area contributed by atoms with E-state index in [9.17, 15) is 14.4 Å². The van der Waals surface area contributed by atoms with Crippen molar-refractivity contribution in [2.45, 2.75) is 43.8 Å². The van der Waals surface area contributed by atoms with Crippen LogP contribution in [-0.4, -0.2) is 70.1 Å². The highest BCUT2D eigenvalue weighted by atomic mass is 16.2. The maximum absolute atomic E-state index is 13.5. The fraction of sp³-hybridized carbons (Fsp3) is 0.433. The molecule has 0 unspecified atom stereocenters. The summed E-state index contributed by atoms with van der Waals surface area (Å²) in [5.41, 5.74) is 2.79. The molecule has 2 aliphatic heterocycles. The maximum Gasteiger partial charge on any atom is 0.326 e. The zero-order valence-corrected chi connectivity index (χ0v) is 22.1. The molecule has 3 amide bonds. The summed E-state index contributed by atoms with van der Waals surface area (Å²) >= 11 is 0. The van der Waals surface area contributed by atoms with Crippen molar-refractivity contribution in [1.29, 1.82) is 0 Å². The quantitative estimate of drug-likeness (QED) is 0.458. The van der Waals surface area contributed by atoms with Crippen LogP contribution in [0.3, 0.4) is 0 Å². The number of hydrogen-bond donors (Lipinski definition) is 3. The van der Waals surface area contributed by atoms with Crippen LogP contribution in [0.5, 0.6) is 0 Å². The number of carbonyl (C=O) groups excluding carboxylic acids is 2. The zero-order valence-electron chi connectivity index (χ0n) is 22.1. The Morgan fingerprint density at radius 2 is 1.62 bits per heavy atom. The standard InChI is InChI=1S/C30H36N6O3/c37-28-25(17-31-26(22-7-3-1-4-8-22)19-35(28)18-21-11-12-21)32-29(38)34-15-13-24(14-16-34)36-20-27(33-30(36)39)23-9-5-2-6-10-23/h1-10,20-21,24-26,31H,11-19H2,(H,32,38)(H,33,39)/t25-,26-/m1/s1. The Balaban J connectivity index is 1.08. The summed E-state index contributed by atoms with van der Waals surface area (Å²) < 4.78 is 1.76. The van der Waals surface area contributed by atoms with Crippen LogP contribution in [0.4, 0.5) is 4.79 Å². The highest BCUT2D eigenvalue weighted by molar-refractivity contribution is 5.87. The van der Waals surface area contributed by atoms with E-state index in [1.54, 1.807) is 9.47 Å². The number of amides is 3. The lowest BCUT2D eigenvalue weighted by molar-refractivity contribution is -0.132. The molecule has 1 aromatic heterocycles. The van der Waals surface area contributed by atoms with Crippen LogP contribution in [0.2, 0.25) is 0 Å². The van der Waals surface area contributed by atoms with Crippen molar-refractivity contribution in [3.63, 3.8) is 0 Å². The van der Waals surface area contributed by atoms with Gasteiger partial charge in [-0.25, -0.2) is 9.59 Å². The van der Waals surface area contributed by atoms with Crippen molar-refractivity contribution in [3.05, 3.63) is 82.9 Å². The first kappa shape index (κ1) is 25.4. The number of piperidine rings is 1. The maximum atomic E-state index is 13.5. The van der Waals surface area contributed by atoms with Gasteiger partial charge in [0.05, 0.1) is 5.69 Å². The Morgan fingerprint density at radius 1 is 0.923 bits per heavy atom.